The Labute approximate surface area is 131 Å². The van der Waals surface area contributed by atoms with Gasteiger partial charge in [0.05, 0.1) is 0 Å². The molecule has 0 spiro atoms. The maximum absolute atomic E-state index is 3.62. The molecule has 0 bridgehead atoms. The summed E-state index contributed by atoms with van der Waals surface area (Å²) in [5, 5.41) is 7.23. The summed E-state index contributed by atoms with van der Waals surface area (Å²) in [6, 6.07) is 17.3. The van der Waals surface area contributed by atoms with Crippen molar-refractivity contribution >= 4 is 37.4 Å². The summed E-state index contributed by atoms with van der Waals surface area (Å²) in [6.45, 7) is 3.10. The van der Waals surface area contributed by atoms with Crippen LogP contribution in [0.3, 0.4) is 0 Å². The van der Waals surface area contributed by atoms with E-state index >= 15 is 0 Å². The number of nitrogens with one attached hydrogen (secondary N) is 1. The van der Waals surface area contributed by atoms with E-state index < -0.39 is 0 Å². The predicted octanol–water partition coefficient (Wildman–Crippen LogP) is 5.51. The third-order valence-electron chi connectivity index (χ3n) is 3.53. The van der Waals surface area contributed by atoms with Gasteiger partial charge in [-0.15, -0.1) is 11.3 Å². The highest BCUT2D eigenvalue weighted by atomic mass is 79.9. The van der Waals surface area contributed by atoms with Crippen molar-refractivity contribution in [1.82, 2.24) is 5.32 Å². The van der Waals surface area contributed by atoms with E-state index in [1.165, 1.54) is 21.2 Å². The Bertz CT molecular complexity index is 720. The van der Waals surface area contributed by atoms with Crippen molar-refractivity contribution in [2.75, 3.05) is 0 Å². The first kappa shape index (κ1) is 13.8. The van der Waals surface area contributed by atoms with E-state index in [2.05, 4.69) is 76.0 Å². The number of halogens is 1. The summed E-state index contributed by atoms with van der Waals surface area (Å²) in [6.07, 6.45) is 0. The van der Waals surface area contributed by atoms with Crippen molar-refractivity contribution in [1.29, 1.82) is 0 Å². The highest BCUT2D eigenvalue weighted by Crippen LogP contribution is 2.27. The molecule has 0 fully saturated rings. The number of thiophene rings is 1. The van der Waals surface area contributed by atoms with Gasteiger partial charge in [-0.3, -0.25) is 0 Å². The van der Waals surface area contributed by atoms with Crippen LogP contribution in [-0.2, 0) is 6.54 Å². The summed E-state index contributed by atoms with van der Waals surface area (Å²) in [4.78, 5) is 0. The Balaban J connectivity index is 1.75. The second-order valence-corrected chi connectivity index (χ2v) is 6.65. The Morgan fingerprint density at radius 2 is 1.85 bits per heavy atom. The fraction of sp³-hybridized carbons (Fsp3) is 0.176. The SMILES string of the molecule is CC(NCc1csc2ccccc12)c1ccccc1Br. The molecule has 20 heavy (non-hydrogen) atoms. The minimum absolute atomic E-state index is 0.323. The lowest BCUT2D eigenvalue weighted by Crippen LogP contribution is -2.18. The molecule has 0 amide bonds. The van der Waals surface area contributed by atoms with Crippen molar-refractivity contribution < 1.29 is 0 Å². The summed E-state index contributed by atoms with van der Waals surface area (Å²) in [5.41, 5.74) is 2.68. The zero-order valence-electron chi connectivity index (χ0n) is 11.3. The molecular weight excluding hydrogens is 330 g/mol. The fourth-order valence-corrected chi connectivity index (χ4v) is 3.96. The molecule has 1 N–H and O–H groups in total. The number of rotatable bonds is 4. The first-order valence-electron chi connectivity index (χ1n) is 6.68. The van der Waals surface area contributed by atoms with E-state index in [-0.39, 0.29) is 0 Å². The summed E-state index contributed by atoms with van der Waals surface area (Å²) in [5.74, 6) is 0. The van der Waals surface area contributed by atoms with Crippen molar-refractivity contribution in [3.8, 4) is 0 Å². The van der Waals surface area contributed by atoms with E-state index in [9.17, 15) is 0 Å². The monoisotopic (exact) mass is 345 g/mol. The average molecular weight is 346 g/mol. The lowest BCUT2D eigenvalue weighted by molar-refractivity contribution is 0.575. The van der Waals surface area contributed by atoms with Gasteiger partial charge in [-0.1, -0.05) is 52.3 Å². The van der Waals surface area contributed by atoms with Crippen molar-refractivity contribution in [2.45, 2.75) is 19.5 Å². The van der Waals surface area contributed by atoms with Crippen molar-refractivity contribution in [2.24, 2.45) is 0 Å². The highest BCUT2D eigenvalue weighted by molar-refractivity contribution is 9.10. The van der Waals surface area contributed by atoms with Gasteiger partial charge < -0.3 is 5.32 Å². The third kappa shape index (κ3) is 2.80. The normalized spacial score (nSPS) is 12.7. The Hall–Kier alpha value is -1.16. The molecule has 0 aliphatic carbocycles. The quantitative estimate of drug-likeness (QED) is 0.656. The molecule has 0 aliphatic rings. The highest BCUT2D eigenvalue weighted by Gasteiger charge is 2.09. The summed E-state index contributed by atoms with van der Waals surface area (Å²) in [7, 11) is 0. The molecule has 0 saturated carbocycles. The Morgan fingerprint density at radius 1 is 1.10 bits per heavy atom. The maximum Gasteiger partial charge on any atom is 0.0346 e. The molecule has 1 nitrogen and oxygen atoms in total. The lowest BCUT2D eigenvalue weighted by atomic mass is 10.1. The van der Waals surface area contributed by atoms with Crippen LogP contribution in [0.1, 0.15) is 24.1 Å². The second-order valence-electron chi connectivity index (χ2n) is 4.88. The van der Waals surface area contributed by atoms with Crippen LogP contribution in [0.5, 0.6) is 0 Å². The van der Waals surface area contributed by atoms with Crippen LogP contribution in [0.15, 0.2) is 58.4 Å². The largest absolute Gasteiger partial charge is 0.306 e. The molecular formula is C17H16BrNS. The number of hydrogen-bond donors (Lipinski definition) is 1. The fourth-order valence-electron chi connectivity index (χ4n) is 2.37. The summed E-state index contributed by atoms with van der Waals surface area (Å²) >= 11 is 5.43. The molecule has 102 valence electrons. The van der Waals surface area contributed by atoms with Crippen molar-refractivity contribution in [3.05, 3.63) is 69.5 Å². The zero-order valence-corrected chi connectivity index (χ0v) is 13.7. The van der Waals surface area contributed by atoms with Crippen LogP contribution in [0.4, 0.5) is 0 Å². The van der Waals surface area contributed by atoms with Gasteiger partial charge in [0.15, 0.2) is 0 Å². The molecule has 1 aromatic heterocycles. The van der Waals surface area contributed by atoms with Gasteiger partial charge in [0.2, 0.25) is 0 Å². The van der Waals surface area contributed by atoms with E-state index in [0.29, 0.717) is 6.04 Å². The van der Waals surface area contributed by atoms with Crippen LogP contribution in [0.2, 0.25) is 0 Å². The molecule has 1 unspecified atom stereocenters. The van der Waals surface area contributed by atoms with Gasteiger partial charge >= 0.3 is 0 Å². The molecule has 0 aliphatic heterocycles. The third-order valence-corrected chi connectivity index (χ3v) is 5.27. The molecule has 3 heteroatoms. The standard InChI is InChI=1S/C17H16BrNS/c1-12(14-6-2-4-8-16(14)18)19-10-13-11-20-17-9-5-3-7-15(13)17/h2-9,11-12,19H,10H2,1H3. The average Bonchev–Trinajstić information content (AvgIpc) is 2.88. The van der Waals surface area contributed by atoms with Gasteiger partial charge in [-0.25, -0.2) is 0 Å². The van der Waals surface area contributed by atoms with E-state index in [4.69, 9.17) is 0 Å². The van der Waals surface area contributed by atoms with Crippen LogP contribution in [0, 0.1) is 0 Å². The van der Waals surface area contributed by atoms with Crippen LogP contribution in [0.25, 0.3) is 10.1 Å². The lowest BCUT2D eigenvalue weighted by Gasteiger charge is -2.15. The van der Waals surface area contributed by atoms with Crippen LogP contribution < -0.4 is 5.32 Å². The van der Waals surface area contributed by atoms with Gasteiger partial charge in [0, 0.05) is 21.8 Å². The van der Waals surface area contributed by atoms with Gasteiger partial charge in [-0.05, 0) is 40.9 Å². The zero-order chi connectivity index (χ0) is 13.9. The smallest absolute Gasteiger partial charge is 0.0346 e. The summed E-state index contributed by atoms with van der Waals surface area (Å²) < 4.78 is 2.52. The molecule has 2 aromatic carbocycles. The van der Waals surface area contributed by atoms with Crippen molar-refractivity contribution in [3.63, 3.8) is 0 Å². The van der Waals surface area contributed by atoms with Gasteiger partial charge in [0.25, 0.3) is 0 Å². The Kier molecular flexibility index (Phi) is 4.20. The molecule has 0 radical (unpaired) electrons. The topological polar surface area (TPSA) is 12.0 Å². The molecule has 0 saturated heterocycles. The number of benzene rings is 2. The number of fused-ring (bicyclic) bond motifs is 1. The molecule has 1 heterocycles. The van der Waals surface area contributed by atoms with E-state index in [1.807, 2.05) is 17.4 Å². The predicted molar refractivity (Wildman–Crippen MR) is 91.2 cm³/mol. The molecule has 3 rings (SSSR count). The van der Waals surface area contributed by atoms with Crippen LogP contribution in [-0.4, -0.2) is 0 Å². The first-order chi connectivity index (χ1) is 9.75. The Morgan fingerprint density at radius 3 is 2.70 bits per heavy atom. The minimum atomic E-state index is 0.323. The minimum Gasteiger partial charge on any atom is -0.306 e. The van der Waals surface area contributed by atoms with Gasteiger partial charge in [0.1, 0.15) is 0 Å². The van der Waals surface area contributed by atoms with E-state index in [0.717, 1.165) is 11.0 Å². The maximum atomic E-state index is 3.62. The first-order valence-corrected chi connectivity index (χ1v) is 8.36. The molecule has 3 aromatic rings. The number of hydrogen-bond acceptors (Lipinski definition) is 2. The van der Waals surface area contributed by atoms with E-state index in [1.54, 1.807) is 0 Å². The van der Waals surface area contributed by atoms with Crippen LogP contribution >= 0.6 is 27.3 Å². The second kappa shape index (κ2) is 6.08. The molecule has 1 atom stereocenters. The van der Waals surface area contributed by atoms with Gasteiger partial charge in [-0.2, -0.15) is 0 Å².